The maximum atomic E-state index is 11.6. The van der Waals surface area contributed by atoms with Crippen molar-refractivity contribution in [2.75, 3.05) is 19.8 Å². The highest BCUT2D eigenvalue weighted by molar-refractivity contribution is 5.82. The van der Waals surface area contributed by atoms with Gasteiger partial charge < -0.3 is 24.4 Å². The highest BCUT2D eigenvalue weighted by Crippen LogP contribution is 2.24. The lowest BCUT2D eigenvalue weighted by Crippen LogP contribution is -2.32. The molecule has 0 aliphatic carbocycles. The molecular weight excluding hydrogens is 356 g/mol. The second-order valence-corrected chi connectivity index (χ2v) is 7.76. The molecule has 1 rings (SSSR count). The van der Waals surface area contributed by atoms with E-state index in [4.69, 9.17) is 24.4 Å². The Morgan fingerprint density at radius 3 is 2.07 bits per heavy atom. The first-order valence-corrected chi connectivity index (χ1v) is 9.25. The molecule has 158 valence electrons. The van der Waals surface area contributed by atoms with Gasteiger partial charge in [0.25, 0.3) is 0 Å². The molecule has 0 spiro atoms. The monoisotopic (exact) mass is 390 g/mol. The molecule has 0 aromatic carbocycles. The molecule has 1 fully saturated rings. The normalized spacial score (nSPS) is 18.1. The molecule has 1 heterocycles. The van der Waals surface area contributed by atoms with Crippen LogP contribution in [0.15, 0.2) is 0 Å². The van der Waals surface area contributed by atoms with E-state index in [0.29, 0.717) is 25.9 Å². The van der Waals surface area contributed by atoms with E-state index < -0.39 is 29.0 Å². The molecule has 1 saturated heterocycles. The van der Waals surface area contributed by atoms with Crippen molar-refractivity contribution in [3.05, 3.63) is 0 Å². The molecule has 27 heavy (non-hydrogen) atoms. The highest BCUT2D eigenvalue weighted by atomic mass is 16.6. The molecule has 0 bridgehead atoms. The maximum Gasteiger partial charge on any atom is 0.347 e. The van der Waals surface area contributed by atoms with Crippen molar-refractivity contribution >= 4 is 17.9 Å². The molecule has 1 aliphatic heterocycles. The lowest BCUT2D eigenvalue weighted by atomic mass is 9.90. The van der Waals surface area contributed by atoms with E-state index >= 15 is 0 Å². The summed E-state index contributed by atoms with van der Waals surface area (Å²) in [6.45, 7) is 10.8. The summed E-state index contributed by atoms with van der Waals surface area (Å²) < 4.78 is 14.6. The van der Waals surface area contributed by atoms with Gasteiger partial charge in [-0.1, -0.05) is 13.8 Å². The molecule has 0 aromatic heterocycles. The fraction of sp³-hybridized carbons (Fsp3) is 0.842. The average Bonchev–Trinajstić information content (AvgIpc) is 3.04. The van der Waals surface area contributed by atoms with Crippen LogP contribution >= 0.6 is 0 Å². The summed E-state index contributed by atoms with van der Waals surface area (Å²) in [4.78, 5) is 33.9. The van der Waals surface area contributed by atoms with E-state index in [-0.39, 0.29) is 25.2 Å². The molecule has 8 heteroatoms. The summed E-state index contributed by atoms with van der Waals surface area (Å²) in [5.74, 6) is -1.10. The lowest BCUT2D eigenvalue weighted by Gasteiger charge is -2.21. The van der Waals surface area contributed by atoms with E-state index in [0.717, 1.165) is 0 Å². The van der Waals surface area contributed by atoms with Gasteiger partial charge in [0, 0.05) is 6.42 Å². The van der Waals surface area contributed by atoms with Crippen molar-refractivity contribution in [3.8, 4) is 0 Å². The first-order valence-electron chi connectivity index (χ1n) is 9.25. The number of aliphatic hydroxyl groups is 2. The number of hydrogen-bond acceptors (Lipinski definition) is 8. The first kappa shape index (κ1) is 25.3. The van der Waals surface area contributed by atoms with Gasteiger partial charge in [-0.3, -0.25) is 9.59 Å². The van der Waals surface area contributed by atoms with Crippen LogP contribution in [0.25, 0.3) is 0 Å². The van der Waals surface area contributed by atoms with Crippen LogP contribution < -0.4 is 0 Å². The SMILES string of the molecule is CCC(C)(C)C(=O)OC1CCOC1=O.CCC(C)(C)C(=O)OCC(O)CO. The molecule has 2 atom stereocenters. The maximum absolute atomic E-state index is 11.6. The third kappa shape index (κ3) is 8.71. The summed E-state index contributed by atoms with van der Waals surface area (Å²) >= 11 is 0. The zero-order chi connectivity index (χ0) is 21.3. The Bertz CT molecular complexity index is 498. The number of carbonyl (C=O) groups is 3. The minimum atomic E-state index is -0.975. The molecule has 0 saturated carbocycles. The Morgan fingerprint density at radius 1 is 1.15 bits per heavy atom. The number of esters is 3. The molecule has 8 nitrogen and oxygen atoms in total. The van der Waals surface area contributed by atoms with Crippen molar-refractivity contribution in [3.63, 3.8) is 0 Å². The van der Waals surface area contributed by atoms with Gasteiger partial charge in [0.05, 0.1) is 24.0 Å². The largest absolute Gasteiger partial charge is 0.463 e. The van der Waals surface area contributed by atoms with Crippen LogP contribution in [0.5, 0.6) is 0 Å². The average molecular weight is 390 g/mol. The summed E-state index contributed by atoms with van der Waals surface area (Å²) in [6.07, 6.45) is 0.184. The zero-order valence-corrected chi connectivity index (χ0v) is 17.2. The minimum Gasteiger partial charge on any atom is -0.463 e. The van der Waals surface area contributed by atoms with E-state index in [1.165, 1.54) is 0 Å². The second-order valence-electron chi connectivity index (χ2n) is 7.76. The number of aliphatic hydroxyl groups excluding tert-OH is 2. The standard InChI is InChI=1S/C10H16O4.C9H18O4/c1-4-10(2,3)9(12)14-7-5-6-13-8(7)11;1-4-9(2,3)8(12)13-6-7(11)5-10/h7H,4-6H2,1-3H3;7,10-11H,4-6H2,1-3H3. The van der Waals surface area contributed by atoms with Gasteiger partial charge >= 0.3 is 17.9 Å². The van der Waals surface area contributed by atoms with Gasteiger partial charge in [0.2, 0.25) is 6.10 Å². The number of rotatable bonds is 8. The number of carbonyl (C=O) groups excluding carboxylic acids is 3. The van der Waals surface area contributed by atoms with Crippen LogP contribution in [0.3, 0.4) is 0 Å². The fourth-order valence-corrected chi connectivity index (χ4v) is 1.58. The van der Waals surface area contributed by atoms with Crippen LogP contribution in [0.2, 0.25) is 0 Å². The summed E-state index contributed by atoms with van der Waals surface area (Å²) in [7, 11) is 0. The summed E-state index contributed by atoms with van der Waals surface area (Å²) in [5.41, 5.74) is -1.04. The first-order chi connectivity index (χ1) is 12.4. The predicted octanol–water partition coefficient (Wildman–Crippen LogP) is 1.60. The number of cyclic esters (lactones) is 1. The Labute approximate surface area is 161 Å². The second kappa shape index (κ2) is 11.2. The van der Waals surface area contributed by atoms with E-state index in [2.05, 4.69) is 0 Å². The van der Waals surface area contributed by atoms with E-state index in [1.54, 1.807) is 27.7 Å². The Hall–Kier alpha value is -1.67. The van der Waals surface area contributed by atoms with Crippen molar-refractivity contribution in [1.82, 2.24) is 0 Å². The van der Waals surface area contributed by atoms with Crippen LogP contribution in [0.1, 0.15) is 60.8 Å². The molecular formula is C19H34O8. The highest BCUT2D eigenvalue weighted by Gasteiger charge is 2.35. The Morgan fingerprint density at radius 2 is 1.67 bits per heavy atom. The smallest absolute Gasteiger partial charge is 0.347 e. The molecule has 1 aliphatic rings. The van der Waals surface area contributed by atoms with Gasteiger partial charge in [-0.25, -0.2) is 4.79 Å². The summed E-state index contributed by atoms with van der Waals surface area (Å²) in [6, 6.07) is 0. The van der Waals surface area contributed by atoms with Crippen LogP contribution in [0, 0.1) is 10.8 Å². The number of hydrogen-bond donors (Lipinski definition) is 2. The van der Waals surface area contributed by atoms with Crippen molar-refractivity contribution in [2.24, 2.45) is 10.8 Å². The van der Waals surface area contributed by atoms with Gasteiger partial charge in [-0.2, -0.15) is 0 Å². The third-order valence-electron chi connectivity index (χ3n) is 4.63. The predicted molar refractivity (Wildman–Crippen MR) is 97.7 cm³/mol. The summed E-state index contributed by atoms with van der Waals surface area (Å²) in [5, 5.41) is 17.4. The van der Waals surface area contributed by atoms with Gasteiger partial charge in [0.1, 0.15) is 12.7 Å². The fourth-order valence-electron chi connectivity index (χ4n) is 1.58. The van der Waals surface area contributed by atoms with Crippen LogP contribution in [-0.2, 0) is 28.6 Å². The van der Waals surface area contributed by atoms with Crippen molar-refractivity contribution in [2.45, 2.75) is 73.0 Å². The minimum absolute atomic E-state index is 0.140. The Kier molecular flexibility index (Phi) is 10.5. The molecule has 0 amide bonds. The zero-order valence-electron chi connectivity index (χ0n) is 17.2. The topological polar surface area (TPSA) is 119 Å². The van der Waals surface area contributed by atoms with Crippen molar-refractivity contribution in [1.29, 1.82) is 0 Å². The third-order valence-corrected chi connectivity index (χ3v) is 4.63. The van der Waals surface area contributed by atoms with Crippen LogP contribution in [-0.4, -0.2) is 60.1 Å². The van der Waals surface area contributed by atoms with Gasteiger partial charge in [0.15, 0.2) is 0 Å². The van der Waals surface area contributed by atoms with Crippen LogP contribution in [0.4, 0.5) is 0 Å². The molecule has 2 unspecified atom stereocenters. The van der Waals surface area contributed by atoms with Gasteiger partial charge in [-0.15, -0.1) is 0 Å². The number of ether oxygens (including phenoxy) is 3. The van der Waals surface area contributed by atoms with Crippen molar-refractivity contribution < 1.29 is 38.8 Å². The molecule has 2 N–H and O–H groups in total. The molecule has 0 aromatic rings. The Balaban J connectivity index is 0.000000503. The lowest BCUT2D eigenvalue weighted by molar-refractivity contribution is -0.167. The van der Waals surface area contributed by atoms with E-state index in [1.807, 2.05) is 13.8 Å². The quantitative estimate of drug-likeness (QED) is 0.474. The van der Waals surface area contributed by atoms with E-state index in [9.17, 15) is 14.4 Å². The van der Waals surface area contributed by atoms with Gasteiger partial charge in [-0.05, 0) is 40.5 Å². The molecule has 0 radical (unpaired) electrons.